The third kappa shape index (κ3) is 3.72. The number of aromatic nitrogens is 1. The van der Waals surface area contributed by atoms with Crippen LogP contribution in [-0.2, 0) is 17.1 Å². The number of amides is 1. The van der Waals surface area contributed by atoms with E-state index in [9.17, 15) is 13.2 Å². The molecule has 0 unspecified atom stereocenters. The molecule has 21 heavy (non-hydrogen) atoms. The Morgan fingerprint density at radius 3 is 2.38 bits per heavy atom. The van der Waals surface area contributed by atoms with Crippen LogP contribution in [0.25, 0.3) is 0 Å². The van der Waals surface area contributed by atoms with Gasteiger partial charge in [0, 0.05) is 17.7 Å². The zero-order valence-electron chi connectivity index (χ0n) is 11.4. The molecule has 0 bridgehead atoms. The van der Waals surface area contributed by atoms with E-state index in [4.69, 9.17) is 0 Å². The van der Waals surface area contributed by atoms with Gasteiger partial charge in [-0.05, 0) is 41.1 Å². The summed E-state index contributed by atoms with van der Waals surface area (Å²) in [7, 11) is -2.10. The molecule has 0 spiro atoms. The van der Waals surface area contributed by atoms with Crippen molar-refractivity contribution < 1.29 is 13.2 Å². The van der Waals surface area contributed by atoms with Gasteiger partial charge in [0.25, 0.3) is 15.9 Å². The number of halogens is 1. The molecule has 0 aliphatic rings. The standard InChI is InChI=1S/C13H14BrN3O3S/c1-9-3-5-11(6-4-9)21(19,20)16-15-13(18)12-7-10(14)8-17(12)2/h3-8,16H,1-2H3,(H,15,18). The van der Waals surface area contributed by atoms with Crippen LogP contribution in [0.15, 0.2) is 45.9 Å². The normalized spacial score (nSPS) is 11.4. The molecule has 0 saturated heterocycles. The largest absolute Gasteiger partial charge is 0.345 e. The smallest absolute Gasteiger partial charge is 0.282 e. The van der Waals surface area contributed by atoms with E-state index >= 15 is 0 Å². The Kier molecular flexibility index (Phi) is 4.50. The number of carbonyl (C=O) groups excluding carboxylic acids is 1. The molecule has 8 heteroatoms. The molecule has 0 saturated carbocycles. The van der Waals surface area contributed by atoms with Crippen molar-refractivity contribution in [3.05, 3.63) is 52.3 Å². The SMILES string of the molecule is Cc1ccc(S(=O)(=O)NNC(=O)c2cc(Br)cn2C)cc1. The Balaban J connectivity index is 2.10. The molecule has 0 fully saturated rings. The van der Waals surface area contributed by atoms with E-state index in [2.05, 4.69) is 26.2 Å². The summed E-state index contributed by atoms with van der Waals surface area (Å²) < 4.78 is 26.4. The number of hydrogen-bond acceptors (Lipinski definition) is 3. The molecule has 2 rings (SSSR count). The monoisotopic (exact) mass is 371 g/mol. The summed E-state index contributed by atoms with van der Waals surface area (Å²) in [4.78, 5) is 14.1. The van der Waals surface area contributed by atoms with Crippen LogP contribution in [0.2, 0.25) is 0 Å². The summed E-state index contributed by atoms with van der Waals surface area (Å²) in [6.45, 7) is 1.86. The van der Waals surface area contributed by atoms with Crippen molar-refractivity contribution in [2.75, 3.05) is 0 Å². The van der Waals surface area contributed by atoms with E-state index in [1.54, 1.807) is 36.0 Å². The van der Waals surface area contributed by atoms with Crippen molar-refractivity contribution in [2.24, 2.45) is 7.05 Å². The summed E-state index contributed by atoms with van der Waals surface area (Å²) in [5.41, 5.74) is 3.47. The maximum atomic E-state index is 12.0. The first-order valence-electron chi connectivity index (χ1n) is 6.00. The zero-order valence-corrected chi connectivity index (χ0v) is 13.8. The third-order valence-electron chi connectivity index (χ3n) is 2.83. The van der Waals surface area contributed by atoms with Gasteiger partial charge in [-0.2, -0.15) is 0 Å². The average molecular weight is 372 g/mol. The number of benzene rings is 1. The molecule has 1 heterocycles. The van der Waals surface area contributed by atoms with Crippen LogP contribution in [0.1, 0.15) is 16.1 Å². The molecule has 1 aromatic heterocycles. The quantitative estimate of drug-likeness (QED) is 0.802. The Labute approximate surface area is 131 Å². The van der Waals surface area contributed by atoms with Crippen LogP contribution in [0.3, 0.4) is 0 Å². The van der Waals surface area contributed by atoms with Crippen molar-refractivity contribution in [3.8, 4) is 0 Å². The second-order valence-corrected chi connectivity index (χ2v) is 7.13. The molecule has 2 N–H and O–H groups in total. The number of aryl methyl sites for hydroxylation is 2. The first kappa shape index (κ1) is 15.7. The molecule has 1 aromatic carbocycles. The lowest BCUT2D eigenvalue weighted by atomic mass is 10.2. The second-order valence-electron chi connectivity index (χ2n) is 4.53. The topological polar surface area (TPSA) is 80.2 Å². The van der Waals surface area contributed by atoms with E-state index in [0.29, 0.717) is 5.69 Å². The second kappa shape index (κ2) is 6.00. The highest BCUT2D eigenvalue weighted by Gasteiger charge is 2.17. The van der Waals surface area contributed by atoms with Crippen molar-refractivity contribution in [1.82, 2.24) is 14.8 Å². The highest BCUT2D eigenvalue weighted by atomic mass is 79.9. The fourth-order valence-corrected chi connectivity index (χ4v) is 3.07. The maximum absolute atomic E-state index is 12.0. The number of carbonyl (C=O) groups is 1. The average Bonchev–Trinajstić information content (AvgIpc) is 2.76. The van der Waals surface area contributed by atoms with Crippen LogP contribution < -0.4 is 10.3 Å². The molecule has 0 aliphatic heterocycles. The summed E-state index contributed by atoms with van der Waals surface area (Å²) in [5.74, 6) is -0.543. The minimum absolute atomic E-state index is 0.0847. The minimum atomic E-state index is -3.79. The number of hydrogen-bond donors (Lipinski definition) is 2. The molecule has 0 aliphatic carbocycles. The highest BCUT2D eigenvalue weighted by Crippen LogP contribution is 2.13. The number of hydrazine groups is 1. The Morgan fingerprint density at radius 2 is 1.86 bits per heavy atom. The molecule has 112 valence electrons. The lowest BCUT2D eigenvalue weighted by Crippen LogP contribution is -2.42. The van der Waals surface area contributed by atoms with Gasteiger partial charge in [0.2, 0.25) is 0 Å². The first-order valence-corrected chi connectivity index (χ1v) is 8.28. The molecule has 1 amide bonds. The molecule has 0 atom stereocenters. The van der Waals surface area contributed by atoms with Crippen LogP contribution in [-0.4, -0.2) is 18.9 Å². The predicted octanol–water partition coefficient (Wildman–Crippen LogP) is 1.72. The van der Waals surface area contributed by atoms with Gasteiger partial charge in [-0.15, -0.1) is 4.83 Å². The summed E-state index contributed by atoms with van der Waals surface area (Å²) in [6.07, 6.45) is 1.70. The Hall–Kier alpha value is -1.64. The van der Waals surface area contributed by atoms with Crippen LogP contribution in [0.5, 0.6) is 0 Å². The van der Waals surface area contributed by atoms with E-state index in [1.807, 2.05) is 6.92 Å². The van der Waals surface area contributed by atoms with Crippen LogP contribution in [0.4, 0.5) is 0 Å². The fraction of sp³-hybridized carbons (Fsp3) is 0.154. The van der Waals surface area contributed by atoms with Crippen LogP contribution >= 0.6 is 15.9 Å². The van der Waals surface area contributed by atoms with Gasteiger partial charge >= 0.3 is 0 Å². The van der Waals surface area contributed by atoms with Crippen molar-refractivity contribution in [3.63, 3.8) is 0 Å². The number of nitrogens with zero attached hydrogens (tertiary/aromatic N) is 1. The molecular weight excluding hydrogens is 358 g/mol. The Morgan fingerprint density at radius 1 is 1.24 bits per heavy atom. The molecule has 0 radical (unpaired) electrons. The van der Waals surface area contributed by atoms with Gasteiger partial charge in [0.15, 0.2) is 0 Å². The predicted molar refractivity (Wildman–Crippen MR) is 82.1 cm³/mol. The van der Waals surface area contributed by atoms with Gasteiger partial charge in [-0.1, -0.05) is 17.7 Å². The zero-order chi connectivity index (χ0) is 15.6. The third-order valence-corrected chi connectivity index (χ3v) is 4.53. The van der Waals surface area contributed by atoms with E-state index in [-0.39, 0.29) is 4.90 Å². The van der Waals surface area contributed by atoms with E-state index in [1.165, 1.54) is 12.1 Å². The lowest BCUT2D eigenvalue weighted by molar-refractivity contribution is 0.0937. The van der Waals surface area contributed by atoms with Crippen molar-refractivity contribution in [1.29, 1.82) is 0 Å². The molecule has 6 nitrogen and oxygen atoms in total. The summed E-state index contributed by atoms with van der Waals surface area (Å²) >= 11 is 3.25. The number of nitrogens with one attached hydrogen (secondary N) is 2. The fourth-order valence-electron chi connectivity index (χ4n) is 1.70. The number of sulfonamides is 1. The lowest BCUT2D eigenvalue weighted by Gasteiger charge is -2.09. The van der Waals surface area contributed by atoms with Gasteiger partial charge in [0.05, 0.1) is 4.90 Å². The number of rotatable bonds is 4. The van der Waals surface area contributed by atoms with Crippen molar-refractivity contribution in [2.45, 2.75) is 11.8 Å². The van der Waals surface area contributed by atoms with E-state index < -0.39 is 15.9 Å². The molecule has 2 aromatic rings. The maximum Gasteiger partial charge on any atom is 0.282 e. The van der Waals surface area contributed by atoms with E-state index in [0.717, 1.165) is 10.0 Å². The van der Waals surface area contributed by atoms with Gasteiger partial charge in [-0.3, -0.25) is 10.2 Å². The van der Waals surface area contributed by atoms with Crippen LogP contribution in [0, 0.1) is 6.92 Å². The minimum Gasteiger partial charge on any atom is -0.345 e. The molecular formula is C13H14BrN3O3S. The van der Waals surface area contributed by atoms with Gasteiger partial charge in [0.1, 0.15) is 5.69 Å². The Bertz CT molecular complexity index is 766. The van der Waals surface area contributed by atoms with Crippen molar-refractivity contribution >= 4 is 31.9 Å². The first-order chi connectivity index (χ1) is 9.79. The highest BCUT2D eigenvalue weighted by molar-refractivity contribution is 9.10. The summed E-state index contributed by atoms with van der Waals surface area (Å²) in [6, 6.07) is 7.91. The van der Waals surface area contributed by atoms with Gasteiger partial charge < -0.3 is 4.57 Å². The summed E-state index contributed by atoms with van der Waals surface area (Å²) in [5, 5.41) is 0. The van der Waals surface area contributed by atoms with Gasteiger partial charge in [-0.25, -0.2) is 8.42 Å².